The topological polar surface area (TPSA) is 90.9 Å². The van der Waals surface area contributed by atoms with Crippen molar-refractivity contribution in [1.82, 2.24) is 14.8 Å². The molecule has 1 rings (SSSR count). The van der Waals surface area contributed by atoms with Crippen molar-refractivity contribution in [3.63, 3.8) is 0 Å². The quantitative estimate of drug-likeness (QED) is 0.804. The van der Waals surface area contributed by atoms with Gasteiger partial charge in [-0.2, -0.15) is 5.10 Å². The van der Waals surface area contributed by atoms with E-state index in [4.69, 9.17) is 5.73 Å². The average Bonchev–Trinajstić information content (AvgIpc) is 2.60. The van der Waals surface area contributed by atoms with Gasteiger partial charge in [-0.1, -0.05) is 0 Å². The van der Waals surface area contributed by atoms with E-state index in [-0.39, 0.29) is 12.3 Å². The lowest BCUT2D eigenvalue weighted by atomic mass is 10.3. The van der Waals surface area contributed by atoms with Gasteiger partial charge in [-0.05, 0) is 20.8 Å². The zero-order valence-electron chi connectivity index (χ0n) is 9.84. The van der Waals surface area contributed by atoms with Gasteiger partial charge in [0.25, 0.3) is 0 Å². The fraction of sp³-hybridized carbons (Fsp3) is 0.778. The Morgan fingerprint density at radius 1 is 1.44 bits per heavy atom. The maximum atomic E-state index is 11.8. The second kappa shape index (κ2) is 4.50. The van der Waals surface area contributed by atoms with Crippen molar-refractivity contribution in [3.8, 4) is 0 Å². The standard InChI is InChI=1S/C9H18N4O2S/c1-9(2,3)16(14,15)5-4-13-7-11-8(6-10)12-13/h7H,4-6,10H2,1-3H3. The minimum absolute atomic E-state index is 0.0594. The monoisotopic (exact) mass is 246 g/mol. The molecule has 6 nitrogen and oxygen atoms in total. The summed E-state index contributed by atoms with van der Waals surface area (Å²) in [6.45, 7) is 5.64. The molecule has 1 aromatic heterocycles. The molecule has 0 spiro atoms. The normalized spacial score (nSPS) is 13.0. The van der Waals surface area contributed by atoms with Crippen molar-refractivity contribution < 1.29 is 8.42 Å². The predicted molar refractivity (Wildman–Crippen MR) is 61.5 cm³/mol. The lowest BCUT2D eigenvalue weighted by Gasteiger charge is -2.18. The van der Waals surface area contributed by atoms with Crippen LogP contribution in [0.15, 0.2) is 6.33 Å². The molecular weight excluding hydrogens is 228 g/mol. The van der Waals surface area contributed by atoms with Gasteiger partial charge in [0.2, 0.25) is 0 Å². The van der Waals surface area contributed by atoms with Crippen molar-refractivity contribution >= 4 is 9.84 Å². The molecule has 0 bridgehead atoms. The van der Waals surface area contributed by atoms with Crippen LogP contribution in [-0.4, -0.2) is 33.7 Å². The summed E-state index contributed by atoms with van der Waals surface area (Å²) in [5.74, 6) is 0.581. The van der Waals surface area contributed by atoms with Crippen molar-refractivity contribution in [1.29, 1.82) is 0 Å². The lowest BCUT2D eigenvalue weighted by molar-refractivity contribution is 0.547. The Hall–Kier alpha value is -0.950. The minimum atomic E-state index is -3.11. The lowest BCUT2D eigenvalue weighted by Crippen LogP contribution is -2.32. The third-order valence-corrected chi connectivity index (χ3v) is 4.87. The van der Waals surface area contributed by atoms with Gasteiger partial charge in [-0.15, -0.1) is 0 Å². The summed E-state index contributed by atoms with van der Waals surface area (Å²) in [5.41, 5.74) is 5.36. The smallest absolute Gasteiger partial charge is 0.164 e. The molecule has 0 saturated heterocycles. The highest BCUT2D eigenvalue weighted by Crippen LogP contribution is 2.15. The Bertz CT molecular complexity index is 444. The second-order valence-electron chi connectivity index (χ2n) is 4.56. The van der Waals surface area contributed by atoms with Crippen LogP contribution in [0.5, 0.6) is 0 Å². The van der Waals surface area contributed by atoms with Crippen LogP contribution in [-0.2, 0) is 22.9 Å². The van der Waals surface area contributed by atoms with Gasteiger partial charge in [0.15, 0.2) is 15.7 Å². The van der Waals surface area contributed by atoms with Crippen molar-refractivity contribution in [3.05, 3.63) is 12.2 Å². The Labute approximate surface area is 95.8 Å². The van der Waals surface area contributed by atoms with Crippen LogP contribution >= 0.6 is 0 Å². The van der Waals surface area contributed by atoms with E-state index in [2.05, 4.69) is 10.1 Å². The van der Waals surface area contributed by atoms with Crippen molar-refractivity contribution in [2.45, 2.75) is 38.6 Å². The molecule has 7 heteroatoms. The molecule has 92 valence electrons. The van der Waals surface area contributed by atoms with E-state index in [0.717, 1.165) is 0 Å². The molecule has 0 atom stereocenters. The average molecular weight is 246 g/mol. The van der Waals surface area contributed by atoms with Gasteiger partial charge in [0, 0.05) is 0 Å². The third kappa shape index (κ3) is 3.02. The molecule has 0 radical (unpaired) electrons. The number of aromatic nitrogens is 3. The first-order valence-corrected chi connectivity index (χ1v) is 6.72. The molecule has 1 heterocycles. The van der Waals surface area contributed by atoms with Gasteiger partial charge < -0.3 is 5.73 Å². The van der Waals surface area contributed by atoms with Crippen molar-refractivity contribution in [2.75, 3.05) is 5.75 Å². The van der Waals surface area contributed by atoms with E-state index in [1.165, 1.54) is 11.0 Å². The van der Waals surface area contributed by atoms with E-state index in [1.807, 2.05) is 0 Å². The first-order valence-electron chi connectivity index (χ1n) is 5.07. The Morgan fingerprint density at radius 2 is 2.06 bits per heavy atom. The van der Waals surface area contributed by atoms with Crippen LogP contribution in [0.3, 0.4) is 0 Å². The van der Waals surface area contributed by atoms with E-state index in [1.54, 1.807) is 20.8 Å². The zero-order chi connectivity index (χ0) is 12.4. The van der Waals surface area contributed by atoms with Crippen LogP contribution in [0.25, 0.3) is 0 Å². The minimum Gasteiger partial charge on any atom is -0.324 e. The summed E-state index contributed by atoms with van der Waals surface area (Å²) in [7, 11) is -3.11. The molecule has 0 saturated carbocycles. The van der Waals surface area contributed by atoms with Gasteiger partial charge in [-0.3, -0.25) is 4.68 Å². The van der Waals surface area contributed by atoms with Gasteiger partial charge in [-0.25, -0.2) is 13.4 Å². The number of rotatable bonds is 4. The zero-order valence-corrected chi connectivity index (χ0v) is 10.7. The fourth-order valence-electron chi connectivity index (χ4n) is 1.05. The summed E-state index contributed by atoms with van der Waals surface area (Å²) in [4.78, 5) is 3.93. The third-order valence-electron chi connectivity index (χ3n) is 2.29. The number of nitrogens with zero attached hydrogens (tertiary/aromatic N) is 3. The first-order chi connectivity index (χ1) is 7.26. The molecule has 0 aliphatic heterocycles. The maximum absolute atomic E-state index is 11.8. The van der Waals surface area contributed by atoms with Crippen LogP contribution in [0.4, 0.5) is 0 Å². The van der Waals surface area contributed by atoms with E-state index >= 15 is 0 Å². The molecular formula is C9H18N4O2S. The molecule has 0 aromatic carbocycles. The van der Waals surface area contributed by atoms with Crippen LogP contribution < -0.4 is 5.73 Å². The molecule has 1 aromatic rings. The predicted octanol–water partition coefficient (Wildman–Crippen LogP) is -0.0499. The Kier molecular flexibility index (Phi) is 3.69. The number of hydrogen-bond donors (Lipinski definition) is 1. The molecule has 0 aliphatic rings. The number of aryl methyl sites for hydroxylation is 1. The largest absolute Gasteiger partial charge is 0.324 e. The molecule has 0 fully saturated rings. The summed E-state index contributed by atoms with van der Waals surface area (Å²) in [6, 6.07) is 0. The number of nitrogens with two attached hydrogens (primary N) is 1. The summed E-state index contributed by atoms with van der Waals surface area (Å²) < 4.78 is 24.4. The SMILES string of the molecule is CC(C)(C)S(=O)(=O)CCn1cnc(CN)n1. The van der Waals surface area contributed by atoms with Gasteiger partial charge >= 0.3 is 0 Å². The summed E-state index contributed by atoms with van der Waals surface area (Å²) >= 11 is 0. The van der Waals surface area contributed by atoms with E-state index in [0.29, 0.717) is 12.4 Å². The van der Waals surface area contributed by atoms with E-state index in [9.17, 15) is 8.42 Å². The highest BCUT2D eigenvalue weighted by Gasteiger charge is 2.28. The van der Waals surface area contributed by atoms with Crippen LogP contribution in [0, 0.1) is 0 Å². The Morgan fingerprint density at radius 3 is 2.50 bits per heavy atom. The Balaban J connectivity index is 2.65. The summed E-state index contributed by atoms with van der Waals surface area (Å²) in [6.07, 6.45) is 1.50. The highest BCUT2D eigenvalue weighted by atomic mass is 32.2. The first kappa shape index (κ1) is 13.1. The fourth-order valence-corrected chi connectivity index (χ4v) is 2.09. The molecule has 16 heavy (non-hydrogen) atoms. The molecule has 0 aliphatic carbocycles. The number of hydrogen-bond acceptors (Lipinski definition) is 5. The van der Waals surface area contributed by atoms with Crippen LogP contribution in [0.1, 0.15) is 26.6 Å². The van der Waals surface area contributed by atoms with Gasteiger partial charge in [0.05, 0.1) is 23.6 Å². The van der Waals surface area contributed by atoms with Gasteiger partial charge in [0.1, 0.15) is 6.33 Å². The summed E-state index contributed by atoms with van der Waals surface area (Å²) in [5, 5.41) is 4.03. The van der Waals surface area contributed by atoms with Crippen LogP contribution in [0.2, 0.25) is 0 Å². The molecule has 0 unspecified atom stereocenters. The molecule has 0 amide bonds. The highest BCUT2D eigenvalue weighted by molar-refractivity contribution is 7.92. The van der Waals surface area contributed by atoms with Crippen molar-refractivity contribution in [2.24, 2.45) is 5.73 Å². The second-order valence-corrected chi connectivity index (χ2v) is 7.42. The van der Waals surface area contributed by atoms with E-state index < -0.39 is 14.6 Å². The number of sulfone groups is 1. The molecule has 2 N–H and O–H groups in total. The maximum Gasteiger partial charge on any atom is 0.164 e.